The van der Waals surface area contributed by atoms with Gasteiger partial charge in [-0.3, -0.25) is 4.52 Å². The summed E-state index contributed by atoms with van der Waals surface area (Å²) in [7, 11) is -4.50. The van der Waals surface area contributed by atoms with Crippen molar-refractivity contribution >= 4 is 25.0 Å². The predicted octanol–water partition coefficient (Wildman–Crippen LogP) is 3.72. The minimum Gasteiger partial charge on any atom is -0.370 e. The van der Waals surface area contributed by atoms with Gasteiger partial charge in [0.15, 0.2) is 0 Å². The van der Waals surface area contributed by atoms with E-state index in [4.69, 9.17) is 22.0 Å². The van der Waals surface area contributed by atoms with E-state index in [2.05, 4.69) is 16.8 Å². The summed E-state index contributed by atoms with van der Waals surface area (Å²) in [4.78, 5) is 18.4. The minimum absolute atomic E-state index is 0.136. The maximum atomic E-state index is 10.9. The molecule has 0 heterocycles. The molecule has 1 aromatic carbocycles. The van der Waals surface area contributed by atoms with Crippen LogP contribution in [-0.4, -0.2) is 21.4 Å². The minimum atomic E-state index is -4.50. The lowest BCUT2D eigenvalue weighted by molar-refractivity contribution is 0.182. The zero-order valence-corrected chi connectivity index (χ0v) is 14.5. The van der Waals surface area contributed by atoms with E-state index < -0.39 is 7.82 Å². The van der Waals surface area contributed by atoms with Crippen molar-refractivity contribution in [2.75, 3.05) is 6.61 Å². The van der Waals surface area contributed by atoms with Crippen molar-refractivity contribution in [3.8, 4) is 0 Å². The summed E-state index contributed by atoms with van der Waals surface area (Å²) in [6.07, 6.45) is 5.28. The number of benzene rings is 1. The molecule has 0 fully saturated rings. The summed E-state index contributed by atoms with van der Waals surface area (Å²) in [6, 6.07) is 9.00. The maximum Gasteiger partial charge on any atom is 0.469 e. The predicted molar refractivity (Wildman–Crippen MR) is 91.7 cm³/mol. The standard InChI is InChI=1S/C15H24NO4PS/c1-2-3-4-8-11-15(22)16-14(12-20-21(17,18)19)13-9-6-5-7-10-13/h5-7,9-10,14H,2-4,8,11-12H2,1H3,(H,16,22)(H2,17,18,19)/t14-/m0/s1. The molecule has 1 rings (SSSR count). The van der Waals surface area contributed by atoms with Gasteiger partial charge < -0.3 is 15.1 Å². The highest BCUT2D eigenvalue weighted by Gasteiger charge is 2.20. The first-order chi connectivity index (χ1) is 10.4. The molecule has 7 heteroatoms. The van der Waals surface area contributed by atoms with Gasteiger partial charge in [0.2, 0.25) is 0 Å². The second kappa shape index (κ2) is 10.1. The topological polar surface area (TPSA) is 78.8 Å². The van der Waals surface area contributed by atoms with Crippen molar-refractivity contribution in [2.45, 2.75) is 45.1 Å². The molecule has 1 aromatic rings. The van der Waals surface area contributed by atoms with Gasteiger partial charge in [-0.2, -0.15) is 0 Å². The zero-order valence-electron chi connectivity index (χ0n) is 12.8. The van der Waals surface area contributed by atoms with Gasteiger partial charge in [0.25, 0.3) is 0 Å². The number of nitrogens with one attached hydrogen (secondary N) is 1. The van der Waals surface area contributed by atoms with Crippen LogP contribution in [0.1, 0.15) is 50.6 Å². The Kier molecular flexibility index (Phi) is 8.83. The number of unbranched alkanes of at least 4 members (excludes halogenated alkanes) is 3. The van der Waals surface area contributed by atoms with Crippen LogP contribution >= 0.6 is 20.0 Å². The van der Waals surface area contributed by atoms with Gasteiger partial charge in [-0.15, -0.1) is 0 Å². The molecular formula is C15H24NO4PS. The van der Waals surface area contributed by atoms with Crippen LogP contribution in [0, 0.1) is 0 Å². The first kappa shape index (κ1) is 19.3. The summed E-state index contributed by atoms with van der Waals surface area (Å²) in [5.41, 5.74) is 0.881. The molecule has 0 bridgehead atoms. The fraction of sp³-hybridized carbons (Fsp3) is 0.533. The van der Waals surface area contributed by atoms with E-state index in [1.807, 2.05) is 30.3 Å². The first-order valence-electron chi connectivity index (χ1n) is 7.46. The van der Waals surface area contributed by atoms with Gasteiger partial charge in [0.05, 0.1) is 17.6 Å². The Balaban J connectivity index is 2.58. The van der Waals surface area contributed by atoms with Crippen LogP contribution in [0.15, 0.2) is 30.3 Å². The number of thiocarbonyl (C=S) groups is 1. The molecule has 5 nitrogen and oxygen atoms in total. The molecule has 1 atom stereocenters. The summed E-state index contributed by atoms with van der Waals surface area (Å²) in [5.74, 6) is 0. The highest BCUT2D eigenvalue weighted by Crippen LogP contribution is 2.37. The van der Waals surface area contributed by atoms with Crippen molar-refractivity contribution in [2.24, 2.45) is 0 Å². The Morgan fingerprint density at radius 1 is 1.27 bits per heavy atom. The van der Waals surface area contributed by atoms with Gasteiger partial charge in [-0.25, -0.2) is 4.57 Å². The molecule has 124 valence electrons. The van der Waals surface area contributed by atoms with Crippen molar-refractivity contribution < 1.29 is 18.9 Å². The van der Waals surface area contributed by atoms with Gasteiger partial charge >= 0.3 is 7.82 Å². The maximum absolute atomic E-state index is 10.9. The number of rotatable bonds is 10. The van der Waals surface area contributed by atoms with Gasteiger partial charge in [-0.1, -0.05) is 68.7 Å². The van der Waals surface area contributed by atoms with Crippen molar-refractivity contribution in [1.82, 2.24) is 5.32 Å². The molecule has 0 unspecified atom stereocenters. The van der Waals surface area contributed by atoms with Gasteiger partial charge in [-0.05, 0) is 18.4 Å². The zero-order chi connectivity index (χ0) is 16.4. The SMILES string of the molecule is CCCCCCC(=S)N[C@@H](COP(=O)(O)O)c1ccccc1. The Morgan fingerprint density at radius 2 is 1.95 bits per heavy atom. The molecule has 0 amide bonds. The highest BCUT2D eigenvalue weighted by molar-refractivity contribution is 7.80. The number of phosphoric ester groups is 1. The number of hydrogen-bond donors (Lipinski definition) is 3. The van der Waals surface area contributed by atoms with Crippen LogP contribution < -0.4 is 5.32 Å². The number of hydrogen-bond acceptors (Lipinski definition) is 3. The normalized spacial score (nSPS) is 12.9. The van der Waals surface area contributed by atoms with E-state index in [0.717, 1.165) is 24.8 Å². The Bertz CT molecular complexity index is 492. The van der Waals surface area contributed by atoms with E-state index in [-0.39, 0.29) is 12.6 Å². The quantitative estimate of drug-likeness (QED) is 0.341. The fourth-order valence-corrected chi connectivity index (χ4v) is 2.69. The molecule has 0 radical (unpaired) electrons. The monoisotopic (exact) mass is 345 g/mol. The second-order valence-corrected chi connectivity index (χ2v) is 6.86. The summed E-state index contributed by atoms with van der Waals surface area (Å²) in [5, 5.41) is 3.15. The molecule has 22 heavy (non-hydrogen) atoms. The van der Waals surface area contributed by atoms with Crippen LogP contribution in [0.3, 0.4) is 0 Å². The van der Waals surface area contributed by atoms with Crippen LogP contribution in [0.4, 0.5) is 0 Å². The van der Waals surface area contributed by atoms with E-state index in [1.165, 1.54) is 12.8 Å². The van der Waals surface area contributed by atoms with Gasteiger partial charge in [0.1, 0.15) is 0 Å². The van der Waals surface area contributed by atoms with Crippen molar-refractivity contribution in [3.63, 3.8) is 0 Å². The fourth-order valence-electron chi connectivity index (χ4n) is 2.06. The Labute approximate surface area is 137 Å². The lowest BCUT2D eigenvalue weighted by atomic mass is 10.1. The molecule has 0 saturated heterocycles. The van der Waals surface area contributed by atoms with E-state index in [9.17, 15) is 4.57 Å². The van der Waals surface area contributed by atoms with Crippen LogP contribution in [0.25, 0.3) is 0 Å². The lowest BCUT2D eigenvalue weighted by Gasteiger charge is -2.21. The molecule has 0 aliphatic rings. The number of phosphoric acid groups is 1. The Hall–Kier alpha value is -0.780. The molecule has 3 N–H and O–H groups in total. The van der Waals surface area contributed by atoms with Crippen LogP contribution in [-0.2, 0) is 9.09 Å². The van der Waals surface area contributed by atoms with Gasteiger partial charge in [0, 0.05) is 0 Å². The van der Waals surface area contributed by atoms with Crippen molar-refractivity contribution in [1.29, 1.82) is 0 Å². The summed E-state index contributed by atoms with van der Waals surface area (Å²) in [6.45, 7) is 2.02. The van der Waals surface area contributed by atoms with E-state index in [1.54, 1.807) is 0 Å². The summed E-state index contributed by atoms with van der Waals surface area (Å²) < 4.78 is 15.5. The average molecular weight is 345 g/mol. The largest absolute Gasteiger partial charge is 0.469 e. The van der Waals surface area contributed by atoms with E-state index >= 15 is 0 Å². The lowest BCUT2D eigenvalue weighted by Crippen LogP contribution is -2.30. The van der Waals surface area contributed by atoms with E-state index in [0.29, 0.717) is 4.99 Å². The third-order valence-corrected chi connectivity index (χ3v) is 4.01. The Morgan fingerprint density at radius 3 is 2.55 bits per heavy atom. The molecule has 0 saturated carbocycles. The molecular weight excluding hydrogens is 321 g/mol. The van der Waals surface area contributed by atoms with Crippen LogP contribution in [0.5, 0.6) is 0 Å². The molecule has 0 aliphatic carbocycles. The molecule has 0 spiro atoms. The van der Waals surface area contributed by atoms with Crippen molar-refractivity contribution in [3.05, 3.63) is 35.9 Å². The molecule has 0 aliphatic heterocycles. The molecule has 0 aromatic heterocycles. The van der Waals surface area contributed by atoms with Crippen LogP contribution in [0.2, 0.25) is 0 Å². The first-order valence-corrected chi connectivity index (χ1v) is 9.40. The smallest absolute Gasteiger partial charge is 0.370 e. The second-order valence-electron chi connectivity index (χ2n) is 5.13. The third kappa shape index (κ3) is 8.61. The third-order valence-electron chi connectivity index (χ3n) is 3.20. The average Bonchev–Trinajstić information content (AvgIpc) is 2.48. The highest BCUT2D eigenvalue weighted by atomic mass is 32.1. The summed E-state index contributed by atoms with van der Waals surface area (Å²) >= 11 is 5.33.